The van der Waals surface area contributed by atoms with Gasteiger partial charge in [-0.05, 0) is 19.0 Å². The zero-order chi connectivity index (χ0) is 12.0. The summed E-state index contributed by atoms with van der Waals surface area (Å²) in [6, 6.07) is 10.7. The van der Waals surface area contributed by atoms with E-state index in [1.54, 1.807) is 7.11 Å². The van der Waals surface area contributed by atoms with Crippen molar-refractivity contribution >= 4 is 0 Å². The normalized spacial score (nSPS) is 25.0. The van der Waals surface area contributed by atoms with Crippen molar-refractivity contribution in [3.8, 4) is 0 Å². The standard InChI is InChI=1S/C12H17NO.C2H6/c1-13-9-11(8-12(13)14-2)10-6-4-3-5-7-10;1-2/h3-7,11-12H,8-9H2,1-2H3;1-2H3. The highest BCUT2D eigenvalue weighted by Gasteiger charge is 2.29. The van der Waals surface area contributed by atoms with E-state index in [2.05, 4.69) is 42.3 Å². The summed E-state index contributed by atoms with van der Waals surface area (Å²) in [5.74, 6) is 0.631. The number of likely N-dealkylation sites (N-methyl/N-ethyl adjacent to an activating group) is 1. The highest BCUT2D eigenvalue weighted by Crippen LogP contribution is 2.30. The Labute approximate surface area is 99.2 Å². The molecule has 2 unspecified atom stereocenters. The average Bonchev–Trinajstić information content (AvgIpc) is 2.74. The van der Waals surface area contributed by atoms with Crippen LogP contribution in [0.4, 0.5) is 0 Å². The van der Waals surface area contributed by atoms with Crippen LogP contribution in [0, 0.1) is 0 Å². The van der Waals surface area contributed by atoms with Crippen LogP contribution in [0.3, 0.4) is 0 Å². The van der Waals surface area contributed by atoms with Crippen molar-refractivity contribution in [2.24, 2.45) is 0 Å². The van der Waals surface area contributed by atoms with Crippen LogP contribution in [0.15, 0.2) is 30.3 Å². The summed E-state index contributed by atoms with van der Waals surface area (Å²) in [4.78, 5) is 2.28. The van der Waals surface area contributed by atoms with E-state index in [-0.39, 0.29) is 0 Å². The average molecular weight is 221 g/mol. The third-order valence-electron chi connectivity index (χ3n) is 3.03. The molecule has 0 radical (unpaired) electrons. The van der Waals surface area contributed by atoms with Crippen LogP contribution < -0.4 is 0 Å². The maximum atomic E-state index is 5.40. The molecule has 2 nitrogen and oxygen atoms in total. The van der Waals surface area contributed by atoms with Gasteiger partial charge in [-0.1, -0.05) is 44.2 Å². The number of likely N-dealkylation sites (tertiary alicyclic amines) is 1. The molecule has 1 aliphatic heterocycles. The molecule has 0 spiro atoms. The van der Waals surface area contributed by atoms with Crippen molar-refractivity contribution in [2.75, 3.05) is 20.7 Å². The molecule has 2 atom stereocenters. The molecule has 0 amide bonds. The molecule has 1 aliphatic rings. The van der Waals surface area contributed by atoms with Crippen molar-refractivity contribution in [3.63, 3.8) is 0 Å². The van der Waals surface area contributed by atoms with Crippen LogP contribution in [0.5, 0.6) is 0 Å². The number of hydrogen-bond acceptors (Lipinski definition) is 2. The van der Waals surface area contributed by atoms with E-state index in [0.717, 1.165) is 13.0 Å². The first kappa shape index (κ1) is 13.2. The summed E-state index contributed by atoms with van der Waals surface area (Å²) in [5, 5.41) is 0. The first-order valence-electron chi connectivity index (χ1n) is 6.09. The SMILES string of the molecule is CC.COC1CC(c2ccccc2)CN1C. The smallest absolute Gasteiger partial charge is 0.110 e. The third-order valence-corrected chi connectivity index (χ3v) is 3.03. The van der Waals surface area contributed by atoms with E-state index in [1.165, 1.54) is 5.56 Å². The zero-order valence-corrected chi connectivity index (χ0v) is 10.8. The van der Waals surface area contributed by atoms with Crippen LogP contribution in [0.2, 0.25) is 0 Å². The lowest BCUT2D eigenvalue weighted by Gasteiger charge is -2.16. The van der Waals surface area contributed by atoms with Gasteiger partial charge in [0.2, 0.25) is 0 Å². The second-order valence-corrected chi connectivity index (χ2v) is 3.97. The Morgan fingerprint density at radius 2 is 1.81 bits per heavy atom. The van der Waals surface area contributed by atoms with Crippen LogP contribution in [-0.4, -0.2) is 31.8 Å². The molecule has 0 bridgehead atoms. The van der Waals surface area contributed by atoms with E-state index < -0.39 is 0 Å². The van der Waals surface area contributed by atoms with E-state index in [0.29, 0.717) is 12.1 Å². The van der Waals surface area contributed by atoms with Crippen molar-refractivity contribution in [3.05, 3.63) is 35.9 Å². The summed E-state index contributed by atoms with van der Waals surface area (Å²) in [5.41, 5.74) is 1.43. The Balaban J connectivity index is 0.000000606. The molecule has 16 heavy (non-hydrogen) atoms. The summed E-state index contributed by atoms with van der Waals surface area (Å²) >= 11 is 0. The van der Waals surface area contributed by atoms with Crippen LogP contribution >= 0.6 is 0 Å². The van der Waals surface area contributed by atoms with Crippen LogP contribution in [0.25, 0.3) is 0 Å². The fourth-order valence-electron chi connectivity index (χ4n) is 2.21. The first-order chi connectivity index (χ1) is 7.81. The maximum absolute atomic E-state index is 5.40. The number of rotatable bonds is 2. The molecule has 90 valence electrons. The Bertz CT molecular complexity index is 286. The van der Waals surface area contributed by atoms with Crippen LogP contribution in [-0.2, 0) is 4.74 Å². The molecule has 0 aliphatic carbocycles. The van der Waals surface area contributed by atoms with Gasteiger partial charge in [0.15, 0.2) is 0 Å². The fraction of sp³-hybridized carbons (Fsp3) is 0.571. The topological polar surface area (TPSA) is 12.5 Å². The molecule has 0 aromatic heterocycles. The number of methoxy groups -OCH3 is 1. The van der Waals surface area contributed by atoms with Gasteiger partial charge in [-0.15, -0.1) is 0 Å². The first-order valence-corrected chi connectivity index (χ1v) is 6.09. The Morgan fingerprint density at radius 3 is 2.31 bits per heavy atom. The van der Waals surface area contributed by atoms with Crippen molar-refractivity contribution in [1.82, 2.24) is 4.90 Å². The molecule has 1 saturated heterocycles. The van der Waals surface area contributed by atoms with E-state index in [9.17, 15) is 0 Å². The van der Waals surface area contributed by atoms with E-state index in [4.69, 9.17) is 4.74 Å². The molecular weight excluding hydrogens is 198 g/mol. The maximum Gasteiger partial charge on any atom is 0.110 e. The molecule has 2 rings (SSSR count). The number of hydrogen-bond donors (Lipinski definition) is 0. The highest BCUT2D eigenvalue weighted by atomic mass is 16.5. The minimum absolute atomic E-state index is 0.292. The minimum atomic E-state index is 0.292. The Kier molecular flexibility index (Phi) is 5.50. The van der Waals surface area contributed by atoms with E-state index >= 15 is 0 Å². The predicted octanol–water partition coefficient (Wildman–Crippen LogP) is 3.10. The molecule has 1 aromatic rings. The highest BCUT2D eigenvalue weighted by molar-refractivity contribution is 5.21. The van der Waals surface area contributed by atoms with E-state index in [1.807, 2.05) is 13.8 Å². The lowest BCUT2D eigenvalue weighted by molar-refractivity contribution is 0.0108. The molecule has 2 heteroatoms. The summed E-state index contributed by atoms with van der Waals surface area (Å²) < 4.78 is 5.40. The predicted molar refractivity (Wildman–Crippen MR) is 68.6 cm³/mol. The molecule has 1 fully saturated rings. The number of ether oxygens (including phenoxy) is 1. The van der Waals surface area contributed by atoms with Gasteiger partial charge in [0.1, 0.15) is 6.23 Å². The second kappa shape index (κ2) is 6.66. The molecule has 1 heterocycles. The van der Waals surface area contributed by atoms with Crippen LogP contribution in [0.1, 0.15) is 31.7 Å². The lowest BCUT2D eigenvalue weighted by atomic mass is 9.98. The lowest BCUT2D eigenvalue weighted by Crippen LogP contribution is -2.26. The van der Waals surface area contributed by atoms with Crippen molar-refractivity contribution in [2.45, 2.75) is 32.4 Å². The summed E-state index contributed by atoms with van der Waals surface area (Å²) in [7, 11) is 3.91. The quantitative estimate of drug-likeness (QED) is 0.761. The zero-order valence-electron chi connectivity index (χ0n) is 10.8. The monoisotopic (exact) mass is 221 g/mol. The Morgan fingerprint density at radius 1 is 1.19 bits per heavy atom. The van der Waals surface area contributed by atoms with Gasteiger partial charge in [-0.3, -0.25) is 4.90 Å². The molecule has 0 saturated carbocycles. The van der Waals surface area contributed by atoms with Gasteiger partial charge >= 0.3 is 0 Å². The Hall–Kier alpha value is -0.860. The van der Waals surface area contributed by atoms with Crippen molar-refractivity contribution < 1.29 is 4.74 Å². The number of benzene rings is 1. The largest absolute Gasteiger partial charge is 0.366 e. The summed E-state index contributed by atoms with van der Waals surface area (Å²) in [6.07, 6.45) is 1.40. The van der Waals surface area contributed by atoms with Gasteiger partial charge in [0.05, 0.1) is 0 Å². The molecular formula is C14H23NO. The summed E-state index contributed by atoms with van der Waals surface area (Å²) in [6.45, 7) is 5.10. The third kappa shape index (κ3) is 3.06. The molecule has 1 aromatic carbocycles. The van der Waals surface area contributed by atoms with Crippen molar-refractivity contribution in [1.29, 1.82) is 0 Å². The van der Waals surface area contributed by atoms with Gasteiger partial charge in [0, 0.05) is 19.6 Å². The second-order valence-electron chi connectivity index (χ2n) is 3.97. The number of nitrogens with zero attached hydrogens (tertiary/aromatic N) is 1. The van der Waals surface area contributed by atoms with Gasteiger partial charge in [-0.2, -0.15) is 0 Å². The molecule has 0 N–H and O–H groups in total. The fourth-order valence-corrected chi connectivity index (χ4v) is 2.21. The van der Waals surface area contributed by atoms with Gasteiger partial charge in [0.25, 0.3) is 0 Å². The minimum Gasteiger partial charge on any atom is -0.366 e. The van der Waals surface area contributed by atoms with Gasteiger partial charge in [-0.25, -0.2) is 0 Å². The van der Waals surface area contributed by atoms with Gasteiger partial charge < -0.3 is 4.74 Å².